The predicted molar refractivity (Wildman–Crippen MR) is 122 cm³/mol. The van der Waals surface area contributed by atoms with Gasteiger partial charge in [-0.25, -0.2) is 9.97 Å². The minimum absolute atomic E-state index is 0.0156. The van der Waals surface area contributed by atoms with Crippen LogP contribution < -0.4 is 9.64 Å². The maximum Gasteiger partial charge on any atom is 0.263 e. The average molecular weight is 417 g/mol. The summed E-state index contributed by atoms with van der Waals surface area (Å²) in [6.45, 7) is 8.51. The first kappa shape index (κ1) is 20.8. The number of carbonyl (C=O) groups excluding carboxylic acids is 1. The molecule has 4 rings (SSSR count). The molecule has 1 atom stereocenters. The third-order valence-corrected chi connectivity index (χ3v) is 5.49. The Balaban J connectivity index is 1.32. The molecule has 31 heavy (non-hydrogen) atoms. The normalized spacial score (nSPS) is 14.9. The Morgan fingerprint density at radius 2 is 1.55 bits per heavy atom. The highest BCUT2D eigenvalue weighted by Gasteiger charge is 2.26. The van der Waals surface area contributed by atoms with Crippen molar-refractivity contribution in [1.82, 2.24) is 14.9 Å². The van der Waals surface area contributed by atoms with Crippen LogP contribution in [0.3, 0.4) is 0 Å². The van der Waals surface area contributed by atoms with Crippen LogP contribution in [0.15, 0.2) is 60.7 Å². The van der Waals surface area contributed by atoms with E-state index in [2.05, 4.69) is 27.0 Å². The molecule has 0 N–H and O–H groups in total. The van der Waals surface area contributed by atoms with Gasteiger partial charge in [0.15, 0.2) is 6.10 Å². The van der Waals surface area contributed by atoms with Crippen LogP contribution in [0.25, 0.3) is 11.1 Å². The molecule has 2 heterocycles. The van der Waals surface area contributed by atoms with Crippen molar-refractivity contribution in [1.29, 1.82) is 0 Å². The van der Waals surface area contributed by atoms with Crippen LogP contribution in [-0.4, -0.2) is 53.1 Å². The van der Waals surface area contributed by atoms with Crippen molar-refractivity contribution in [2.75, 3.05) is 31.1 Å². The quantitative estimate of drug-likeness (QED) is 0.632. The first-order chi connectivity index (χ1) is 15.0. The summed E-state index contributed by atoms with van der Waals surface area (Å²) in [7, 11) is 0. The van der Waals surface area contributed by atoms with Gasteiger partial charge in [-0.2, -0.15) is 0 Å². The third kappa shape index (κ3) is 5.02. The second-order valence-corrected chi connectivity index (χ2v) is 7.88. The molecule has 0 spiro atoms. The van der Waals surface area contributed by atoms with E-state index in [9.17, 15) is 4.79 Å². The maximum atomic E-state index is 12.9. The van der Waals surface area contributed by atoms with Gasteiger partial charge in [0.25, 0.3) is 5.91 Å². The first-order valence-corrected chi connectivity index (χ1v) is 10.7. The van der Waals surface area contributed by atoms with Gasteiger partial charge in [-0.3, -0.25) is 4.79 Å². The summed E-state index contributed by atoms with van der Waals surface area (Å²) >= 11 is 0. The SMILES string of the molecule is Cc1cc(N2CCN(C(=O)C(C)Oc3ccc(-c4ccccc4)cc3)CC2)nc(C)n1. The van der Waals surface area contributed by atoms with Gasteiger partial charge in [0, 0.05) is 37.9 Å². The fourth-order valence-corrected chi connectivity index (χ4v) is 3.88. The highest BCUT2D eigenvalue weighted by Crippen LogP contribution is 2.23. The number of ether oxygens (including phenoxy) is 1. The van der Waals surface area contributed by atoms with Crippen LogP contribution in [-0.2, 0) is 4.79 Å². The van der Waals surface area contributed by atoms with Crippen LogP contribution in [0.2, 0.25) is 0 Å². The Kier molecular flexibility index (Phi) is 6.16. The molecule has 1 amide bonds. The molecule has 1 unspecified atom stereocenters. The molecule has 6 heteroatoms. The second kappa shape index (κ2) is 9.16. The minimum atomic E-state index is -0.530. The molecule has 6 nitrogen and oxygen atoms in total. The zero-order valence-corrected chi connectivity index (χ0v) is 18.3. The van der Waals surface area contributed by atoms with Gasteiger partial charge in [-0.1, -0.05) is 42.5 Å². The summed E-state index contributed by atoms with van der Waals surface area (Å²) in [5.74, 6) is 2.42. The monoisotopic (exact) mass is 416 g/mol. The lowest BCUT2D eigenvalue weighted by molar-refractivity contribution is -0.138. The van der Waals surface area contributed by atoms with Gasteiger partial charge in [-0.15, -0.1) is 0 Å². The highest BCUT2D eigenvalue weighted by molar-refractivity contribution is 5.81. The number of aromatic nitrogens is 2. The van der Waals surface area contributed by atoms with Gasteiger partial charge >= 0.3 is 0 Å². The van der Waals surface area contributed by atoms with Crippen molar-refractivity contribution in [2.45, 2.75) is 26.9 Å². The van der Waals surface area contributed by atoms with Crippen molar-refractivity contribution in [3.63, 3.8) is 0 Å². The van der Waals surface area contributed by atoms with Gasteiger partial charge in [0.05, 0.1) is 0 Å². The number of aryl methyl sites for hydroxylation is 2. The lowest BCUT2D eigenvalue weighted by Gasteiger charge is -2.36. The van der Waals surface area contributed by atoms with Crippen LogP contribution in [0.1, 0.15) is 18.4 Å². The van der Waals surface area contributed by atoms with E-state index < -0.39 is 6.10 Å². The average Bonchev–Trinajstić information content (AvgIpc) is 2.79. The molecule has 0 saturated carbocycles. The molecule has 1 saturated heterocycles. The molecular weight excluding hydrogens is 388 g/mol. The van der Waals surface area contributed by atoms with E-state index >= 15 is 0 Å². The largest absolute Gasteiger partial charge is 0.481 e. The van der Waals surface area contributed by atoms with E-state index in [4.69, 9.17) is 4.74 Å². The molecule has 0 bridgehead atoms. The molecular formula is C25H28N4O2. The number of piperazine rings is 1. The van der Waals surface area contributed by atoms with Crippen LogP contribution in [0.4, 0.5) is 5.82 Å². The Hall–Kier alpha value is -3.41. The summed E-state index contributed by atoms with van der Waals surface area (Å²) in [5, 5.41) is 0. The van der Waals surface area contributed by atoms with E-state index in [0.717, 1.165) is 41.6 Å². The van der Waals surface area contributed by atoms with Crippen LogP contribution >= 0.6 is 0 Å². The Morgan fingerprint density at radius 3 is 2.19 bits per heavy atom. The van der Waals surface area contributed by atoms with E-state index in [1.54, 1.807) is 0 Å². The lowest BCUT2D eigenvalue weighted by atomic mass is 10.1. The molecule has 1 aromatic heterocycles. The summed E-state index contributed by atoms with van der Waals surface area (Å²) in [4.78, 5) is 25.9. The molecule has 160 valence electrons. The van der Waals surface area contributed by atoms with E-state index in [-0.39, 0.29) is 5.91 Å². The lowest BCUT2D eigenvalue weighted by Crippen LogP contribution is -2.52. The summed E-state index contributed by atoms with van der Waals surface area (Å²) in [6, 6.07) is 20.1. The Labute approximate surface area is 183 Å². The van der Waals surface area contributed by atoms with Crippen molar-refractivity contribution < 1.29 is 9.53 Å². The number of benzene rings is 2. The number of hydrogen-bond donors (Lipinski definition) is 0. The molecule has 1 aliphatic heterocycles. The van der Waals surface area contributed by atoms with Gasteiger partial charge in [0.1, 0.15) is 17.4 Å². The van der Waals surface area contributed by atoms with Crippen molar-refractivity contribution in [2.24, 2.45) is 0 Å². The van der Waals surface area contributed by atoms with Gasteiger partial charge in [0.2, 0.25) is 0 Å². The summed E-state index contributed by atoms with van der Waals surface area (Å²) in [5.41, 5.74) is 3.24. The second-order valence-electron chi connectivity index (χ2n) is 7.88. The number of hydrogen-bond acceptors (Lipinski definition) is 5. The highest BCUT2D eigenvalue weighted by atomic mass is 16.5. The number of carbonyl (C=O) groups is 1. The molecule has 3 aromatic rings. The van der Waals surface area contributed by atoms with Crippen molar-refractivity contribution in [3.05, 3.63) is 72.2 Å². The topological polar surface area (TPSA) is 58.6 Å². The predicted octanol–water partition coefficient (Wildman–Crippen LogP) is 3.88. The van der Waals surface area contributed by atoms with Crippen LogP contribution in [0, 0.1) is 13.8 Å². The standard InChI is InChI=1S/C25H28N4O2/c1-18-17-24(27-20(3)26-18)28-13-15-29(16-14-28)25(30)19(2)31-23-11-9-22(10-12-23)21-7-5-4-6-8-21/h4-12,17,19H,13-16H2,1-3H3. The smallest absolute Gasteiger partial charge is 0.263 e. The van der Waals surface area contributed by atoms with Crippen molar-refractivity contribution in [3.8, 4) is 16.9 Å². The number of amides is 1. The van der Waals surface area contributed by atoms with Gasteiger partial charge < -0.3 is 14.5 Å². The summed E-state index contributed by atoms with van der Waals surface area (Å²) in [6.07, 6.45) is -0.530. The molecule has 2 aromatic carbocycles. The zero-order chi connectivity index (χ0) is 21.8. The zero-order valence-electron chi connectivity index (χ0n) is 18.3. The third-order valence-electron chi connectivity index (χ3n) is 5.49. The Morgan fingerprint density at radius 1 is 0.903 bits per heavy atom. The Bertz CT molecular complexity index is 1010. The van der Waals surface area contributed by atoms with Crippen molar-refractivity contribution >= 4 is 11.7 Å². The first-order valence-electron chi connectivity index (χ1n) is 10.7. The number of rotatable bonds is 5. The fraction of sp³-hybridized carbons (Fsp3) is 0.320. The fourth-order valence-electron chi connectivity index (χ4n) is 3.88. The summed E-state index contributed by atoms with van der Waals surface area (Å²) < 4.78 is 5.94. The molecule has 0 aliphatic carbocycles. The van der Waals surface area contributed by atoms with Crippen LogP contribution in [0.5, 0.6) is 5.75 Å². The van der Waals surface area contributed by atoms with Gasteiger partial charge in [-0.05, 0) is 44.0 Å². The molecule has 1 fully saturated rings. The minimum Gasteiger partial charge on any atom is -0.481 e. The number of nitrogens with zero attached hydrogens (tertiary/aromatic N) is 4. The number of anilines is 1. The maximum absolute atomic E-state index is 12.9. The molecule has 1 aliphatic rings. The van der Waals surface area contributed by atoms with E-state index in [0.29, 0.717) is 18.8 Å². The molecule has 0 radical (unpaired) electrons. The van der Waals surface area contributed by atoms with E-state index in [1.807, 2.05) is 74.2 Å². The van der Waals surface area contributed by atoms with E-state index in [1.165, 1.54) is 0 Å².